The van der Waals surface area contributed by atoms with E-state index in [9.17, 15) is 0 Å². The van der Waals surface area contributed by atoms with Crippen LogP contribution < -0.4 is 10.6 Å². The highest BCUT2D eigenvalue weighted by Gasteiger charge is 2.10. The number of hydrogen-bond acceptors (Lipinski definition) is 5. The van der Waals surface area contributed by atoms with Gasteiger partial charge < -0.3 is 10.6 Å². The van der Waals surface area contributed by atoms with Crippen molar-refractivity contribution in [3.8, 4) is 0 Å². The monoisotopic (exact) mass is 274 g/mol. The van der Waals surface area contributed by atoms with E-state index in [2.05, 4.69) is 39.5 Å². The number of nitrogens with zero attached hydrogens (tertiary/aromatic N) is 4. The van der Waals surface area contributed by atoms with Gasteiger partial charge in [0.05, 0.1) is 12.2 Å². The van der Waals surface area contributed by atoms with Crippen molar-refractivity contribution in [3.05, 3.63) is 29.3 Å². The zero-order valence-corrected chi connectivity index (χ0v) is 12.6. The molecule has 6 nitrogen and oxygen atoms in total. The van der Waals surface area contributed by atoms with E-state index < -0.39 is 0 Å². The van der Waals surface area contributed by atoms with E-state index in [-0.39, 0.29) is 0 Å². The first-order chi connectivity index (χ1) is 9.63. The third kappa shape index (κ3) is 3.26. The predicted octanol–water partition coefficient (Wildman–Crippen LogP) is 2.12. The van der Waals surface area contributed by atoms with Crippen LogP contribution in [0, 0.1) is 6.92 Å². The van der Waals surface area contributed by atoms with Gasteiger partial charge in [-0.1, -0.05) is 6.92 Å². The van der Waals surface area contributed by atoms with Gasteiger partial charge >= 0.3 is 0 Å². The molecule has 0 aromatic carbocycles. The molecule has 0 radical (unpaired) electrons. The van der Waals surface area contributed by atoms with Gasteiger partial charge in [-0.05, 0) is 19.9 Å². The summed E-state index contributed by atoms with van der Waals surface area (Å²) in [6.07, 6.45) is 2.75. The van der Waals surface area contributed by atoms with Crippen LogP contribution in [0.25, 0.3) is 0 Å². The Morgan fingerprint density at radius 3 is 2.40 bits per heavy atom. The van der Waals surface area contributed by atoms with E-state index in [1.54, 1.807) is 4.68 Å². The van der Waals surface area contributed by atoms with Crippen LogP contribution in [0.5, 0.6) is 0 Å². The number of nitrogens with one attached hydrogen (secondary N) is 2. The fourth-order valence-corrected chi connectivity index (χ4v) is 1.96. The Morgan fingerprint density at radius 1 is 1.15 bits per heavy atom. The second-order valence-corrected chi connectivity index (χ2v) is 4.68. The van der Waals surface area contributed by atoms with E-state index >= 15 is 0 Å². The lowest BCUT2D eigenvalue weighted by atomic mass is 10.2. The minimum Gasteiger partial charge on any atom is -0.370 e. The molecule has 2 heterocycles. The molecule has 2 aromatic heterocycles. The van der Waals surface area contributed by atoms with E-state index in [1.165, 1.54) is 0 Å². The van der Waals surface area contributed by atoms with Crippen LogP contribution in [0.2, 0.25) is 0 Å². The van der Waals surface area contributed by atoms with Crippen molar-refractivity contribution in [2.75, 3.05) is 17.2 Å². The maximum atomic E-state index is 4.56. The molecule has 0 saturated carbocycles. The normalized spacial score (nSPS) is 10.6. The molecule has 2 N–H and O–H groups in total. The van der Waals surface area contributed by atoms with Crippen LogP contribution in [0.4, 0.5) is 11.6 Å². The van der Waals surface area contributed by atoms with Crippen LogP contribution in [0.15, 0.2) is 12.3 Å². The Hall–Kier alpha value is -2.11. The first-order valence-corrected chi connectivity index (χ1v) is 6.97. The summed E-state index contributed by atoms with van der Waals surface area (Å²) in [5.74, 6) is 2.62. The van der Waals surface area contributed by atoms with Crippen molar-refractivity contribution in [3.63, 3.8) is 0 Å². The van der Waals surface area contributed by atoms with Crippen molar-refractivity contribution < 1.29 is 0 Å². The topological polar surface area (TPSA) is 67.7 Å². The molecular formula is C14H22N6. The summed E-state index contributed by atoms with van der Waals surface area (Å²) < 4.78 is 1.80. The molecule has 0 aliphatic rings. The van der Waals surface area contributed by atoms with Crippen molar-refractivity contribution in [2.45, 2.75) is 33.7 Å². The zero-order chi connectivity index (χ0) is 14.5. The van der Waals surface area contributed by atoms with E-state index in [0.29, 0.717) is 6.54 Å². The zero-order valence-electron chi connectivity index (χ0n) is 12.6. The molecule has 0 saturated heterocycles. The van der Waals surface area contributed by atoms with Crippen molar-refractivity contribution in [1.29, 1.82) is 0 Å². The van der Waals surface area contributed by atoms with Gasteiger partial charge in [-0.15, -0.1) is 0 Å². The minimum atomic E-state index is 0.660. The molecule has 0 atom stereocenters. The van der Waals surface area contributed by atoms with Crippen molar-refractivity contribution >= 4 is 11.6 Å². The fraction of sp³-hybridized carbons (Fsp3) is 0.500. The summed E-state index contributed by atoms with van der Waals surface area (Å²) in [4.78, 5) is 9.08. The Bertz CT molecular complexity index is 575. The number of hydrogen-bond donors (Lipinski definition) is 2. The maximum absolute atomic E-state index is 4.56. The summed E-state index contributed by atoms with van der Waals surface area (Å²) in [6.45, 7) is 7.66. The van der Waals surface area contributed by atoms with Crippen LogP contribution in [-0.4, -0.2) is 26.3 Å². The quantitative estimate of drug-likeness (QED) is 0.844. The number of anilines is 2. The van der Waals surface area contributed by atoms with Gasteiger partial charge in [0.25, 0.3) is 0 Å². The summed E-state index contributed by atoms with van der Waals surface area (Å²) >= 11 is 0. The van der Waals surface area contributed by atoms with Gasteiger partial charge in [-0.2, -0.15) is 5.10 Å². The molecule has 0 aliphatic carbocycles. The maximum Gasteiger partial charge on any atom is 0.135 e. The lowest BCUT2D eigenvalue weighted by Gasteiger charge is -2.13. The van der Waals surface area contributed by atoms with Gasteiger partial charge in [0.15, 0.2) is 0 Å². The molecule has 0 bridgehead atoms. The largest absolute Gasteiger partial charge is 0.370 e. The van der Waals surface area contributed by atoms with Crippen LogP contribution in [0.3, 0.4) is 0 Å². The fourth-order valence-electron chi connectivity index (χ4n) is 1.96. The molecule has 108 valence electrons. The van der Waals surface area contributed by atoms with E-state index in [4.69, 9.17) is 0 Å². The standard InChI is InChI=1S/C14H22N6/c1-5-12-17-13(15-6-2)10(3)14(18-12)16-9-11-7-8-20(4)19-11/h7-8H,5-6,9H2,1-4H3,(H2,15,16,17,18). The molecular weight excluding hydrogens is 252 g/mol. The first-order valence-electron chi connectivity index (χ1n) is 6.97. The van der Waals surface area contributed by atoms with Gasteiger partial charge in [-0.3, -0.25) is 4.68 Å². The Balaban J connectivity index is 2.19. The molecule has 6 heteroatoms. The number of aromatic nitrogens is 4. The highest BCUT2D eigenvalue weighted by molar-refractivity contribution is 5.57. The van der Waals surface area contributed by atoms with Crippen LogP contribution in [-0.2, 0) is 20.0 Å². The molecule has 0 unspecified atom stereocenters. The number of aryl methyl sites for hydroxylation is 2. The third-order valence-corrected chi connectivity index (χ3v) is 3.06. The molecule has 0 spiro atoms. The van der Waals surface area contributed by atoms with E-state index in [0.717, 1.165) is 41.7 Å². The smallest absolute Gasteiger partial charge is 0.135 e. The van der Waals surface area contributed by atoms with Crippen LogP contribution in [0.1, 0.15) is 30.9 Å². The van der Waals surface area contributed by atoms with Gasteiger partial charge in [-0.25, -0.2) is 9.97 Å². The van der Waals surface area contributed by atoms with Crippen LogP contribution >= 0.6 is 0 Å². The second kappa shape index (κ2) is 6.36. The van der Waals surface area contributed by atoms with E-state index in [1.807, 2.05) is 26.2 Å². The van der Waals surface area contributed by atoms with Crippen molar-refractivity contribution in [1.82, 2.24) is 19.7 Å². The Morgan fingerprint density at radius 2 is 1.85 bits per heavy atom. The highest BCUT2D eigenvalue weighted by Crippen LogP contribution is 2.20. The summed E-state index contributed by atoms with van der Waals surface area (Å²) in [6, 6.07) is 2.00. The predicted molar refractivity (Wildman–Crippen MR) is 80.8 cm³/mol. The molecule has 2 aromatic rings. The summed E-state index contributed by atoms with van der Waals surface area (Å²) in [5, 5.41) is 11.0. The first kappa shape index (κ1) is 14.3. The lowest BCUT2D eigenvalue weighted by molar-refractivity contribution is 0.746. The molecule has 0 aliphatic heterocycles. The Labute approximate surface area is 119 Å². The van der Waals surface area contributed by atoms with Gasteiger partial charge in [0.2, 0.25) is 0 Å². The molecule has 0 fully saturated rings. The Kier molecular flexibility index (Phi) is 4.55. The minimum absolute atomic E-state index is 0.660. The molecule has 20 heavy (non-hydrogen) atoms. The molecule has 0 amide bonds. The summed E-state index contributed by atoms with van der Waals surface area (Å²) in [7, 11) is 1.91. The van der Waals surface area contributed by atoms with Gasteiger partial charge in [0, 0.05) is 31.8 Å². The third-order valence-electron chi connectivity index (χ3n) is 3.06. The summed E-state index contributed by atoms with van der Waals surface area (Å²) in [5.41, 5.74) is 2.04. The van der Waals surface area contributed by atoms with Gasteiger partial charge in [0.1, 0.15) is 17.5 Å². The average molecular weight is 274 g/mol. The number of rotatable bonds is 6. The lowest BCUT2D eigenvalue weighted by Crippen LogP contribution is -2.11. The van der Waals surface area contributed by atoms with Crippen molar-refractivity contribution in [2.24, 2.45) is 7.05 Å². The average Bonchev–Trinajstić information content (AvgIpc) is 2.85. The second-order valence-electron chi connectivity index (χ2n) is 4.68. The highest BCUT2D eigenvalue weighted by atomic mass is 15.3. The molecule has 2 rings (SSSR count). The SMILES string of the molecule is CCNc1nc(CC)nc(NCc2ccn(C)n2)c1C.